The molecule has 0 fully saturated rings. The molecule has 3 N–H and O–H groups in total. The number of hydrogen-bond acceptors (Lipinski definition) is 7. The maximum atomic E-state index is 5.57. The first kappa shape index (κ1) is 13.9. The van der Waals surface area contributed by atoms with Gasteiger partial charge in [0.25, 0.3) is 0 Å². The first-order chi connectivity index (χ1) is 9.78. The second-order valence-corrected chi connectivity index (χ2v) is 3.82. The number of nitrogens with zero attached hydrogens (tertiary/aromatic N) is 3. The van der Waals surface area contributed by atoms with Gasteiger partial charge in [-0.1, -0.05) is 18.2 Å². The third-order valence-electron chi connectivity index (χ3n) is 2.30. The lowest BCUT2D eigenvalue weighted by atomic mass is 10.3. The molecule has 0 atom stereocenters. The molecule has 1 aromatic carbocycles. The van der Waals surface area contributed by atoms with Crippen molar-refractivity contribution in [3.63, 3.8) is 0 Å². The number of hydrogen-bond donors (Lipinski definition) is 2. The van der Waals surface area contributed by atoms with Crippen LogP contribution in [0.15, 0.2) is 30.3 Å². The van der Waals surface area contributed by atoms with Crippen molar-refractivity contribution < 1.29 is 9.47 Å². The SMILES string of the molecule is CCOc1nc(N)nc(NCCOc2ccccc2)n1. The quantitative estimate of drug-likeness (QED) is 0.736. The van der Waals surface area contributed by atoms with E-state index in [4.69, 9.17) is 15.2 Å². The van der Waals surface area contributed by atoms with Gasteiger partial charge in [-0.3, -0.25) is 0 Å². The van der Waals surface area contributed by atoms with Crippen molar-refractivity contribution in [3.8, 4) is 11.8 Å². The maximum Gasteiger partial charge on any atom is 0.323 e. The molecular formula is C13H17N5O2. The third kappa shape index (κ3) is 4.27. The number of aromatic nitrogens is 3. The molecule has 0 aliphatic carbocycles. The number of nitrogens with one attached hydrogen (secondary N) is 1. The maximum absolute atomic E-state index is 5.57. The molecule has 2 aromatic rings. The van der Waals surface area contributed by atoms with E-state index in [2.05, 4.69) is 20.3 Å². The summed E-state index contributed by atoms with van der Waals surface area (Å²) in [7, 11) is 0. The van der Waals surface area contributed by atoms with E-state index in [1.165, 1.54) is 0 Å². The second-order valence-electron chi connectivity index (χ2n) is 3.82. The molecule has 0 spiro atoms. The van der Waals surface area contributed by atoms with Gasteiger partial charge in [-0.2, -0.15) is 15.0 Å². The normalized spacial score (nSPS) is 10.1. The summed E-state index contributed by atoms with van der Waals surface area (Å²) < 4.78 is 10.7. The van der Waals surface area contributed by atoms with Crippen LogP contribution in [0.1, 0.15) is 6.92 Å². The molecule has 7 nitrogen and oxygen atoms in total. The van der Waals surface area contributed by atoms with E-state index in [9.17, 15) is 0 Å². The lowest BCUT2D eigenvalue weighted by Crippen LogP contribution is -2.15. The largest absolute Gasteiger partial charge is 0.492 e. The van der Waals surface area contributed by atoms with Crippen LogP contribution in [0, 0.1) is 0 Å². The number of nitrogens with two attached hydrogens (primary N) is 1. The predicted octanol–water partition coefficient (Wildman–Crippen LogP) is 1.34. The molecule has 0 bridgehead atoms. The molecule has 0 saturated heterocycles. The number of anilines is 2. The highest BCUT2D eigenvalue weighted by atomic mass is 16.5. The fourth-order valence-corrected chi connectivity index (χ4v) is 1.49. The van der Waals surface area contributed by atoms with Gasteiger partial charge < -0.3 is 20.5 Å². The number of nitrogen functional groups attached to an aromatic ring is 1. The Hall–Kier alpha value is -2.57. The van der Waals surface area contributed by atoms with Crippen molar-refractivity contribution >= 4 is 11.9 Å². The number of benzene rings is 1. The average molecular weight is 275 g/mol. The number of ether oxygens (including phenoxy) is 2. The minimum Gasteiger partial charge on any atom is -0.492 e. The van der Waals surface area contributed by atoms with Crippen molar-refractivity contribution in [2.24, 2.45) is 0 Å². The van der Waals surface area contributed by atoms with Crippen LogP contribution in [-0.2, 0) is 0 Å². The zero-order chi connectivity index (χ0) is 14.2. The molecule has 7 heteroatoms. The van der Waals surface area contributed by atoms with Gasteiger partial charge in [-0.05, 0) is 19.1 Å². The van der Waals surface area contributed by atoms with E-state index in [1.54, 1.807) is 0 Å². The topological polar surface area (TPSA) is 95.2 Å². The Morgan fingerprint density at radius 3 is 2.65 bits per heavy atom. The van der Waals surface area contributed by atoms with Crippen LogP contribution >= 0.6 is 0 Å². The summed E-state index contributed by atoms with van der Waals surface area (Å²) in [6, 6.07) is 9.79. The highest BCUT2D eigenvalue weighted by molar-refractivity contribution is 5.32. The van der Waals surface area contributed by atoms with Crippen LogP contribution in [0.2, 0.25) is 0 Å². The lowest BCUT2D eigenvalue weighted by molar-refractivity contribution is 0.312. The van der Waals surface area contributed by atoms with E-state index in [-0.39, 0.29) is 12.0 Å². The van der Waals surface area contributed by atoms with Crippen molar-refractivity contribution in [2.75, 3.05) is 30.8 Å². The molecule has 0 unspecified atom stereocenters. The van der Waals surface area contributed by atoms with E-state index < -0.39 is 0 Å². The van der Waals surface area contributed by atoms with Crippen LogP contribution < -0.4 is 20.5 Å². The van der Waals surface area contributed by atoms with Crippen molar-refractivity contribution in [2.45, 2.75) is 6.92 Å². The zero-order valence-corrected chi connectivity index (χ0v) is 11.2. The Labute approximate surface area is 117 Å². The van der Waals surface area contributed by atoms with Gasteiger partial charge in [0.2, 0.25) is 11.9 Å². The predicted molar refractivity (Wildman–Crippen MR) is 75.8 cm³/mol. The minimum atomic E-state index is 0.120. The van der Waals surface area contributed by atoms with Gasteiger partial charge in [0.1, 0.15) is 12.4 Å². The summed E-state index contributed by atoms with van der Waals surface area (Å²) >= 11 is 0. The Bertz CT molecular complexity index is 536. The number of para-hydroxylation sites is 1. The molecule has 1 aromatic heterocycles. The van der Waals surface area contributed by atoms with Crippen molar-refractivity contribution in [1.29, 1.82) is 0 Å². The fraction of sp³-hybridized carbons (Fsp3) is 0.308. The molecule has 0 saturated carbocycles. The first-order valence-corrected chi connectivity index (χ1v) is 6.34. The summed E-state index contributed by atoms with van der Waals surface area (Å²) in [4.78, 5) is 11.9. The Kier molecular flexibility index (Phi) is 4.94. The minimum absolute atomic E-state index is 0.120. The Morgan fingerprint density at radius 1 is 1.10 bits per heavy atom. The zero-order valence-electron chi connectivity index (χ0n) is 11.2. The standard InChI is InChI=1S/C13H17N5O2/c1-2-19-13-17-11(14)16-12(18-13)15-8-9-20-10-6-4-3-5-7-10/h3-7H,2,8-9H2,1H3,(H3,14,15,16,17,18). The summed E-state index contributed by atoms with van der Waals surface area (Å²) in [6.07, 6.45) is 0. The van der Waals surface area contributed by atoms with E-state index in [0.717, 1.165) is 5.75 Å². The van der Waals surface area contributed by atoms with Crippen molar-refractivity contribution in [1.82, 2.24) is 15.0 Å². The smallest absolute Gasteiger partial charge is 0.323 e. The highest BCUT2D eigenvalue weighted by Crippen LogP contribution is 2.09. The van der Waals surface area contributed by atoms with Crippen LogP contribution in [0.25, 0.3) is 0 Å². The second kappa shape index (κ2) is 7.13. The molecule has 0 amide bonds. The summed E-state index contributed by atoms with van der Waals surface area (Å²) in [5, 5.41) is 3.01. The van der Waals surface area contributed by atoms with Gasteiger partial charge in [0.15, 0.2) is 0 Å². The average Bonchev–Trinajstić information content (AvgIpc) is 2.45. The number of rotatable bonds is 7. The van der Waals surface area contributed by atoms with Gasteiger partial charge in [-0.25, -0.2) is 0 Å². The summed E-state index contributed by atoms with van der Waals surface area (Å²) in [6.45, 7) is 3.35. The fourth-order valence-electron chi connectivity index (χ4n) is 1.49. The molecule has 0 radical (unpaired) electrons. The molecule has 20 heavy (non-hydrogen) atoms. The van der Waals surface area contributed by atoms with E-state index in [0.29, 0.717) is 25.7 Å². The Balaban J connectivity index is 1.81. The molecule has 0 aliphatic rings. The van der Waals surface area contributed by atoms with Crippen LogP contribution in [0.3, 0.4) is 0 Å². The van der Waals surface area contributed by atoms with Gasteiger partial charge in [0, 0.05) is 0 Å². The van der Waals surface area contributed by atoms with Gasteiger partial charge >= 0.3 is 6.01 Å². The first-order valence-electron chi connectivity index (χ1n) is 6.34. The lowest BCUT2D eigenvalue weighted by Gasteiger charge is -2.08. The van der Waals surface area contributed by atoms with Crippen LogP contribution in [-0.4, -0.2) is 34.7 Å². The summed E-state index contributed by atoms with van der Waals surface area (Å²) in [5.74, 6) is 1.31. The molecule has 106 valence electrons. The molecule has 0 aliphatic heterocycles. The van der Waals surface area contributed by atoms with Crippen LogP contribution in [0.4, 0.5) is 11.9 Å². The summed E-state index contributed by atoms with van der Waals surface area (Å²) in [5.41, 5.74) is 5.57. The third-order valence-corrected chi connectivity index (χ3v) is 2.30. The van der Waals surface area contributed by atoms with Gasteiger partial charge in [-0.15, -0.1) is 0 Å². The van der Waals surface area contributed by atoms with Crippen molar-refractivity contribution in [3.05, 3.63) is 30.3 Å². The molecular weight excluding hydrogens is 258 g/mol. The molecule has 1 heterocycles. The van der Waals surface area contributed by atoms with Crippen LogP contribution in [0.5, 0.6) is 11.8 Å². The Morgan fingerprint density at radius 2 is 1.90 bits per heavy atom. The highest BCUT2D eigenvalue weighted by Gasteiger charge is 2.04. The monoisotopic (exact) mass is 275 g/mol. The van der Waals surface area contributed by atoms with Gasteiger partial charge in [0.05, 0.1) is 13.2 Å². The van der Waals surface area contributed by atoms with E-state index in [1.807, 2.05) is 37.3 Å². The van der Waals surface area contributed by atoms with E-state index >= 15 is 0 Å². The molecule has 2 rings (SSSR count).